The van der Waals surface area contributed by atoms with Crippen molar-refractivity contribution in [2.75, 3.05) is 5.75 Å². The van der Waals surface area contributed by atoms with Crippen molar-refractivity contribution in [3.05, 3.63) is 102 Å². The van der Waals surface area contributed by atoms with Gasteiger partial charge >= 0.3 is 0 Å². The predicted octanol–water partition coefficient (Wildman–Crippen LogP) is 6.27. The van der Waals surface area contributed by atoms with Gasteiger partial charge in [-0.1, -0.05) is 84.6 Å². The van der Waals surface area contributed by atoms with Crippen molar-refractivity contribution in [2.24, 2.45) is 5.10 Å². The van der Waals surface area contributed by atoms with Gasteiger partial charge in [0.2, 0.25) is 0 Å². The van der Waals surface area contributed by atoms with Crippen molar-refractivity contribution in [3.8, 4) is 5.75 Å². The number of hydrogen-bond acceptors (Lipinski definition) is 6. The monoisotopic (exact) mass is 483 g/mol. The lowest BCUT2D eigenvalue weighted by Crippen LogP contribution is -2.19. The molecule has 34 heavy (non-hydrogen) atoms. The number of hydrogen-bond donors (Lipinski definition) is 1. The molecule has 7 heteroatoms. The second kappa shape index (κ2) is 10.5. The van der Waals surface area contributed by atoms with Crippen LogP contribution in [-0.4, -0.2) is 22.9 Å². The van der Waals surface area contributed by atoms with E-state index in [4.69, 9.17) is 4.74 Å². The third kappa shape index (κ3) is 5.27. The Balaban J connectivity index is 1.27. The highest BCUT2D eigenvalue weighted by atomic mass is 32.2. The number of nitrogens with zero attached hydrogens (tertiary/aromatic N) is 2. The summed E-state index contributed by atoms with van der Waals surface area (Å²) in [4.78, 5) is 16.9. The lowest BCUT2D eigenvalue weighted by atomic mass is 10.0. The third-order valence-electron chi connectivity index (χ3n) is 5.15. The number of ether oxygens (including phenoxy) is 1. The molecule has 1 heterocycles. The van der Waals surface area contributed by atoms with Crippen LogP contribution in [0.3, 0.4) is 0 Å². The first kappa shape index (κ1) is 22.1. The largest absolute Gasteiger partial charge is 0.488 e. The minimum absolute atomic E-state index is 0.188. The molecule has 0 aliphatic carbocycles. The molecule has 1 N–H and O–H groups in total. The zero-order valence-corrected chi connectivity index (χ0v) is 19.8. The van der Waals surface area contributed by atoms with E-state index >= 15 is 0 Å². The topological polar surface area (TPSA) is 63.6 Å². The highest BCUT2D eigenvalue weighted by Gasteiger charge is 2.09. The number of carbonyl (C=O) groups excluding carboxylic acids is 1. The fourth-order valence-corrected chi connectivity index (χ4v) is 5.37. The molecule has 0 atom stereocenters. The molecule has 1 amide bonds. The standard InChI is InChI=1S/C27H21N3O2S2/c31-26(18-33-27-29-23-12-6-7-13-25(23)34-27)30-28-16-22-21-11-5-4-10-20(21)14-15-24(22)32-17-19-8-2-1-3-9-19/h1-16H,17-18H2,(H,30,31)/b28-16+. The molecule has 0 saturated carbocycles. The van der Waals surface area contributed by atoms with Crippen molar-refractivity contribution in [1.82, 2.24) is 10.4 Å². The van der Waals surface area contributed by atoms with E-state index in [1.165, 1.54) is 11.8 Å². The fourth-order valence-electron chi connectivity index (χ4n) is 3.51. The van der Waals surface area contributed by atoms with E-state index in [2.05, 4.69) is 15.5 Å². The first-order chi connectivity index (χ1) is 16.8. The Morgan fingerprint density at radius 1 is 0.971 bits per heavy atom. The number of thioether (sulfide) groups is 1. The van der Waals surface area contributed by atoms with Crippen LogP contribution in [0.2, 0.25) is 0 Å². The van der Waals surface area contributed by atoms with Crippen LogP contribution in [0.4, 0.5) is 0 Å². The van der Waals surface area contributed by atoms with Gasteiger partial charge in [-0.15, -0.1) is 11.3 Å². The van der Waals surface area contributed by atoms with Crippen LogP contribution >= 0.6 is 23.1 Å². The van der Waals surface area contributed by atoms with E-state index in [-0.39, 0.29) is 11.7 Å². The van der Waals surface area contributed by atoms with Gasteiger partial charge in [-0.3, -0.25) is 4.79 Å². The number of hydrazone groups is 1. The van der Waals surface area contributed by atoms with Crippen molar-refractivity contribution in [1.29, 1.82) is 0 Å². The Hall–Kier alpha value is -3.68. The van der Waals surface area contributed by atoms with Crippen LogP contribution in [0.15, 0.2) is 100 Å². The van der Waals surface area contributed by atoms with E-state index in [0.717, 1.165) is 36.5 Å². The van der Waals surface area contributed by atoms with Crippen molar-refractivity contribution in [2.45, 2.75) is 10.9 Å². The number of fused-ring (bicyclic) bond motifs is 2. The van der Waals surface area contributed by atoms with Gasteiger partial charge in [0.25, 0.3) is 5.91 Å². The van der Waals surface area contributed by atoms with Gasteiger partial charge in [-0.25, -0.2) is 10.4 Å². The van der Waals surface area contributed by atoms with Gasteiger partial charge in [0.1, 0.15) is 12.4 Å². The van der Waals surface area contributed by atoms with E-state index in [1.807, 2.05) is 91.0 Å². The molecule has 5 rings (SSSR count). The van der Waals surface area contributed by atoms with E-state index in [0.29, 0.717) is 12.4 Å². The summed E-state index contributed by atoms with van der Waals surface area (Å²) in [5, 5.41) is 6.31. The molecule has 0 aliphatic rings. The normalized spacial score (nSPS) is 11.3. The summed E-state index contributed by atoms with van der Waals surface area (Å²) >= 11 is 2.99. The molecular formula is C27H21N3O2S2. The van der Waals surface area contributed by atoms with E-state index in [9.17, 15) is 4.79 Å². The minimum Gasteiger partial charge on any atom is -0.488 e. The molecule has 0 bridgehead atoms. The van der Waals surface area contributed by atoms with Crippen LogP contribution < -0.4 is 10.2 Å². The summed E-state index contributed by atoms with van der Waals surface area (Å²) < 4.78 is 8.09. The van der Waals surface area contributed by atoms with Gasteiger partial charge in [0.15, 0.2) is 4.34 Å². The highest BCUT2D eigenvalue weighted by Crippen LogP contribution is 2.29. The first-order valence-electron chi connectivity index (χ1n) is 10.7. The first-order valence-corrected chi connectivity index (χ1v) is 12.6. The number of benzene rings is 4. The fraction of sp³-hybridized carbons (Fsp3) is 0.0741. The number of nitrogens with one attached hydrogen (secondary N) is 1. The molecule has 168 valence electrons. The quantitative estimate of drug-likeness (QED) is 0.160. The number of para-hydroxylation sites is 1. The summed E-state index contributed by atoms with van der Waals surface area (Å²) in [5.74, 6) is 0.765. The summed E-state index contributed by atoms with van der Waals surface area (Å²) in [7, 11) is 0. The second-order valence-corrected chi connectivity index (χ2v) is 9.76. The third-order valence-corrected chi connectivity index (χ3v) is 7.33. The van der Waals surface area contributed by atoms with Crippen LogP contribution in [0.5, 0.6) is 5.75 Å². The molecule has 5 nitrogen and oxygen atoms in total. The second-order valence-electron chi connectivity index (χ2n) is 7.50. The molecule has 1 aromatic heterocycles. The van der Waals surface area contributed by atoms with Crippen molar-refractivity contribution < 1.29 is 9.53 Å². The maximum absolute atomic E-state index is 12.4. The molecule has 5 aromatic rings. The number of carbonyl (C=O) groups is 1. The predicted molar refractivity (Wildman–Crippen MR) is 141 cm³/mol. The average Bonchev–Trinajstić information content (AvgIpc) is 3.30. The van der Waals surface area contributed by atoms with Crippen LogP contribution in [0, 0.1) is 0 Å². The van der Waals surface area contributed by atoms with Gasteiger partial charge in [-0.2, -0.15) is 5.10 Å². The summed E-state index contributed by atoms with van der Waals surface area (Å²) in [5.41, 5.74) is 5.49. The lowest BCUT2D eigenvalue weighted by molar-refractivity contribution is -0.118. The van der Waals surface area contributed by atoms with Gasteiger partial charge in [0, 0.05) is 5.56 Å². The SMILES string of the molecule is O=C(CSc1nc2ccccc2s1)N/N=C/c1c(OCc2ccccc2)ccc2ccccc12. The Morgan fingerprint density at radius 2 is 1.76 bits per heavy atom. The molecule has 0 fully saturated rings. The zero-order valence-electron chi connectivity index (χ0n) is 18.2. The molecule has 0 radical (unpaired) electrons. The van der Waals surface area contributed by atoms with Gasteiger partial charge in [0.05, 0.1) is 22.2 Å². The zero-order chi connectivity index (χ0) is 23.2. The molecule has 0 spiro atoms. The summed E-state index contributed by atoms with van der Waals surface area (Å²) in [6.07, 6.45) is 1.66. The van der Waals surface area contributed by atoms with Gasteiger partial charge < -0.3 is 4.74 Å². The lowest BCUT2D eigenvalue weighted by Gasteiger charge is -2.12. The number of rotatable bonds is 8. The Kier molecular flexibility index (Phi) is 6.84. The Bertz CT molecular complexity index is 1430. The smallest absolute Gasteiger partial charge is 0.250 e. The van der Waals surface area contributed by atoms with Gasteiger partial charge in [-0.05, 0) is 34.5 Å². The summed E-state index contributed by atoms with van der Waals surface area (Å²) in [6, 6.07) is 30.0. The number of aromatic nitrogens is 1. The van der Waals surface area contributed by atoms with Crippen LogP contribution in [-0.2, 0) is 11.4 Å². The maximum atomic E-state index is 12.4. The number of thiazole rings is 1. The summed E-state index contributed by atoms with van der Waals surface area (Å²) in [6.45, 7) is 0.450. The van der Waals surface area contributed by atoms with Crippen molar-refractivity contribution >= 4 is 56.2 Å². The number of amides is 1. The highest BCUT2D eigenvalue weighted by molar-refractivity contribution is 8.01. The van der Waals surface area contributed by atoms with Crippen LogP contribution in [0.1, 0.15) is 11.1 Å². The molecule has 0 unspecified atom stereocenters. The maximum Gasteiger partial charge on any atom is 0.250 e. The Labute approximate surface area is 205 Å². The van der Waals surface area contributed by atoms with Crippen LogP contribution in [0.25, 0.3) is 21.0 Å². The van der Waals surface area contributed by atoms with E-state index in [1.54, 1.807) is 17.6 Å². The van der Waals surface area contributed by atoms with E-state index < -0.39 is 0 Å². The Morgan fingerprint density at radius 3 is 2.65 bits per heavy atom. The minimum atomic E-state index is -0.188. The van der Waals surface area contributed by atoms with Crippen molar-refractivity contribution in [3.63, 3.8) is 0 Å². The molecular weight excluding hydrogens is 462 g/mol. The molecule has 0 aliphatic heterocycles. The molecule has 4 aromatic carbocycles. The molecule has 0 saturated heterocycles. The average molecular weight is 484 g/mol.